The summed E-state index contributed by atoms with van der Waals surface area (Å²) in [5, 5.41) is 22.4. The van der Waals surface area contributed by atoms with Gasteiger partial charge in [0.25, 0.3) is 11.6 Å². The van der Waals surface area contributed by atoms with E-state index in [0.717, 1.165) is 11.6 Å². The Kier molecular flexibility index (Phi) is 6.27. The van der Waals surface area contributed by atoms with Crippen LogP contribution in [0.3, 0.4) is 0 Å². The fourth-order valence-corrected chi connectivity index (χ4v) is 4.02. The van der Waals surface area contributed by atoms with Crippen molar-refractivity contribution in [3.8, 4) is 0 Å². The van der Waals surface area contributed by atoms with Crippen molar-refractivity contribution in [2.75, 3.05) is 5.32 Å². The zero-order chi connectivity index (χ0) is 19.4. The summed E-state index contributed by atoms with van der Waals surface area (Å²) in [6.45, 7) is 0. The fourth-order valence-electron chi connectivity index (χ4n) is 2.01. The third kappa shape index (κ3) is 5.16. The Labute approximate surface area is 171 Å². The Morgan fingerprint density at radius 2 is 1.93 bits per heavy atom. The van der Waals surface area contributed by atoms with Gasteiger partial charge in [-0.25, -0.2) is 0 Å². The number of carbonyl (C=O) groups is 1. The van der Waals surface area contributed by atoms with Gasteiger partial charge >= 0.3 is 0 Å². The van der Waals surface area contributed by atoms with E-state index >= 15 is 0 Å². The van der Waals surface area contributed by atoms with Crippen LogP contribution in [0.1, 0.15) is 15.9 Å². The van der Waals surface area contributed by atoms with Crippen molar-refractivity contribution >= 4 is 63.0 Å². The summed E-state index contributed by atoms with van der Waals surface area (Å²) in [7, 11) is 0. The first kappa shape index (κ1) is 19.6. The highest BCUT2D eigenvalue weighted by Gasteiger charge is 2.17. The van der Waals surface area contributed by atoms with Gasteiger partial charge in [-0.05, 0) is 29.8 Å². The van der Waals surface area contributed by atoms with Gasteiger partial charge in [0.2, 0.25) is 5.13 Å². The molecule has 3 rings (SSSR count). The average molecular weight is 441 g/mol. The molecule has 1 heterocycles. The third-order valence-electron chi connectivity index (χ3n) is 3.31. The highest BCUT2D eigenvalue weighted by atomic mass is 35.5. The molecule has 1 aromatic heterocycles. The molecule has 0 radical (unpaired) electrons. The molecule has 7 nitrogen and oxygen atoms in total. The maximum atomic E-state index is 12.3. The molecule has 0 saturated carbocycles. The molecular weight excluding hydrogens is 431 g/mol. The van der Waals surface area contributed by atoms with Crippen molar-refractivity contribution in [1.29, 1.82) is 0 Å². The molecule has 3 aromatic rings. The highest BCUT2D eigenvalue weighted by molar-refractivity contribution is 8.00. The van der Waals surface area contributed by atoms with Gasteiger partial charge in [0.1, 0.15) is 5.02 Å². The van der Waals surface area contributed by atoms with E-state index < -0.39 is 10.8 Å². The Morgan fingerprint density at radius 3 is 2.63 bits per heavy atom. The Hall–Kier alpha value is -2.20. The second kappa shape index (κ2) is 8.66. The fraction of sp³-hybridized carbons (Fsp3) is 0.0625. The van der Waals surface area contributed by atoms with E-state index in [1.165, 1.54) is 35.2 Å². The summed E-state index contributed by atoms with van der Waals surface area (Å²) in [5.74, 6) is 0.156. The van der Waals surface area contributed by atoms with E-state index in [9.17, 15) is 14.9 Å². The smallest absolute Gasteiger partial charge is 0.288 e. The second-order valence-electron chi connectivity index (χ2n) is 5.17. The zero-order valence-electron chi connectivity index (χ0n) is 13.4. The molecule has 0 aliphatic carbocycles. The molecule has 0 spiro atoms. The number of nitrogens with zero attached hydrogens (tertiary/aromatic N) is 3. The zero-order valence-corrected chi connectivity index (χ0v) is 16.5. The van der Waals surface area contributed by atoms with E-state index in [1.807, 2.05) is 24.3 Å². The highest BCUT2D eigenvalue weighted by Crippen LogP contribution is 2.29. The van der Waals surface area contributed by atoms with Crippen LogP contribution in [0.15, 0.2) is 46.8 Å². The van der Waals surface area contributed by atoms with Crippen LogP contribution in [-0.4, -0.2) is 21.0 Å². The predicted molar refractivity (Wildman–Crippen MR) is 107 cm³/mol. The molecular formula is C16H10Cl2N4O3S2. The van der Waals surface area contributed by atoms with Gasteiger partial charge in [-0.15, -0.1) is 10.2 Å². The number of nitro groups is 1. The molecule has 11 heteroatoms. The van der Waals surface area contributed by atoms with Crippen LogP contribution in [0, 0.1) is 10.1 Å². The number of hydrogen-bond donors (Lipinski definition) is 1. The molecule has 0 unspecified atom stereocenters. The van der Waals surface area contributed by atoms with Crippen LogP contribution in [0.2, 0.25) is 10.0 Å². The van der Waals surface area contributed by atoms with Crippen LogP contribution >= 0.6 is 46.3 Å². The summed E-state index contributed by atoms with van der Waals surface area (Å²) >= 11 is 14.3. The summed E-state index contributed by atoms with van der Waals surface area (Å²) < 4.78 is 0.683. The summed E-state index contributed by atoms with van der Waals surface area (Å²) in [4.78, 5) is 22.5. The van der Waals surface area contributed by atoms with Crippen LogP contribution in [0.25, 0.3) is 0 Å². The second-order valence-corrected chi connectivity index (χ2v) is 8.21. The van der Waals surface area contributed by atoms with Crippen LogP contribution in [0.5, 0.6) is 0 Å². The topological polar surface area (TPSA) is 98.0 Å². The monoisotopic (exact) mass is 440 g/mol. The molecule has 0 fully saturated rings. The molecule has 2 aromatic carbocycles. The van der Waals surface area contributed by atoms with Crippen molar-refractivity contribution in [2.24, 2.45) is 0 Å². The van der Waals surface area contributed by atoms with Crippen molar-refractivity contribution < 1.29 is 9.72 Å². The average Bonchev–Trinajstić information content (AvgIpc) is 3.08. The maximum Gasteiger partial charge on any atom is 0.288 e. The number of nitrogens with one attached hydrogen (secondary N) is 1. The normalized spacial score (nSPS) is 10.6. The molecule has 0 aliphatic heterocycles. The van der Waals surface area contributed by atoms with Gasteiger partial charge in [0.15, 0.2) is 4.34 Å². The van der Waals surface area contributed by atoms with Crippen molar-refractivity contribution in [2.45, 2.75) is 10.1 Å². The Morgan fingerprint density at radius 1 is 1.19 bits per heavy atom. The van der Waals surface area contributed by atoms with E-state index in [4.69, 9.17) is 23.2 Å². The van der Waals surface area contributed by atoms with Gasteiger partial charge in [0, 0.05) is 22.4 Å². The first-order chi connectivity index (χ1) is 12.9. The number of halogens is 2. The minimum atomic E-state index is -0.643. The number of rotatable bonds is 6. The molecule has 138 valence electrons. The van der Waals surface area contributed by atoms with Gasteiger partial charge in [0.05, 0.1) is 4.92 Å². The Bertz CT molecular complexity index is 996. The number of thioether (sulfide) groups is 1. The number of benzene rings is 2. The van der Waals surface area contributed by atoms with Gasteiger partial charge < -0.3 is 0 Å². The third-order valence-corrected chi connectivity index (χ3v) is 5.92. The maximum absolute atomic E-state index is 12.3. The predicted octanol–water partition coefficient (Wildman–Crippen LogP) is 5.30. The largest absolute Gasteiger partial charge is 0.296 e. The molecule has 1 amide bonds. The molecule has 0 saturated heterocycles. The number of hydrogen-bond acceptors (Lipinski definition) is 7. The summed E-state index contributed by atoms with van der Waals surface area (Å²) in [6, 6.07) is 11.3. The van der Waals surface area contributed by atoms with Crippen molar-refractivity contribution in [3.05, 3.63) is 73.8 Å². The van der Waals surface area contributed by atoms with E-state index in [1.54, 1.807) is 0 Å². The Balaban J connectivity index is 1.63. The summed E-state index contributed by atoms with van der Waals surface area (Å²) in [5.41, 5.74) is 0.858. The number of carbonyl (C=O) groups excluding carboxylic acids is 1. The number of aromatic nitrogens is 2. The number of amides is 1. The van der Waals surface area contributed by atoms with Crippen molar-refractivity contribution in [3.63, 3.8) is 0 Å². The van der Waals surface area contributed by atoms with Crippen molar-refractivity contribution in [1.82, 2.24) is 10.2 Å². The van der Waals surface area contributed by atoms with Crippen LogP contribution in [-0.2, 0) is 5.75 Å². The SMILES string of the molecule is O=C(Nc1nnc(SCc2ccc(Cl)cc2)s1)c1ccc(Cl)c([N+](=O)[O-])c1. The standard InChI is InChI=1S/C16H10Cl2N4O3S2/c17-11-4-1-9(2-5-11)8-26-16-21-20-15(27-16)19-14(23)10-3-6-12(18)13(7-10)22(24)25/h1-7H,8H2,(H,19,20,23). The number of anilines is 1. The first-order valence-corrected chi connectivity index (χ1v) is 9.94. The van der Waals surface area contributed by atoms with Gasteiger partial charge in [-0.2, -0.15) is 0 Å². The molecule has 27 heavy (non-hydrogen) atoms. The minimum absolute atomic E-state index is 0.0339. The van der Waals surface area contributed by atoms with Crippen LogP contribution < -0.4 is 5.32 Å². The van der Waals surface area contributed by atoms with E-state index in [2.05, 4.69) is 15.5 Å². The lowest BCUT2D eigenvalue weighted by Crippen LogP contribution is -2.12. The molecule has 1 N–H and O–H groups in total. The molecule has 0 aliphatic rings. The van der Waals surface area contributed by atoms with Gasteiger partial charge in [-0.1, -0.05) is 58.4 Å². The molecule has 0 atom stereocenters. The lowest BCUT2D eigenvalue weighted by molar-refractivity contribution is -0.384. The van der Waals surface area contributed by atoms with E-state index in [0.29, 0.717) is 20.2 Å². The lowest BCUT2D eigenvalue weighted by Gasteiger charge is -2.02. The number of nitro benzene ring substituents is 1. The van der Waals surface area contributed by atoms with E-state index in [-0.39, 0.29) is 16.3 Å². The van der Waals surface area contributed by atoms with Gasteiger partial charge in [-0.3, -0.25) is 20.2 Å². The lowest BCUT2D eigenvalue weighted by atomic mass is 10.2. The molecule has 0 bridgehead atoms. The van der Waals surface area contributed by atoms with Crippen LogP contribution in [0.4, 0.5) is 10.8 Å². The minimum Gasteiger partial charge on any atom is -0.296 e. The quantitative estimate of drug-likeness (QED) is 0.241. The first-order valence-electron chi connectivity index (χ1n) is 7.38. The summed E-state index contributed by atoms with van der Waals surface area (Å²) in [6.07, 6.45) is 0.